The molecule has 106 valence electrons. The zero-order valence-electron chi connectivity index (χ0n) is 12.3. The minimum Gasteiger partial charge on any atom is -0.381 e. The molecule has 1 aromatic heterocycles. The topological polar surface area (TPSA) is 41.5 Å². The highest BCUT2D eigenvalue weighted by molar-refractivity contribution is 5.43. The van der Waals surface area contributed by atoms with Crippen LogP contribution < -0.4 is 9.80 Å². The van der Waals surface area contributed by atoms with Gasteiger partial charge in [-0.1, -0.05) is 0 Å². The van der Waals surface area contributed by atoms with Crippen molar-refractivity contribution in [1.29, 1.82) is 0 Å². The van der Waals surface area contributed by atoms with E-state index in [1.54, 1.807) is 0 Å². The highest BCUT2D eigenvalue weighted by atomic mass is 16.5. The molecule has 0 N–H and O–H groups in total. The zero-order chi connectivity index (χ0) is 13.8. The van der Waals surface area contributed by atoms with Gasteiger partial charge in [0, 0.05) is 40.5 Å². The average Bonchev–Trinajstić information content (AvgIpc) is 2.46. The fraction of sp³-hybridized carbons (Fsp3) is 0.714. The van der Waals surface area contributed by atoms with E-state index in [1.165, 1.54) is 0 Å². The van der Waals surface area contributed by atoms with Gasteiger partial charge in [-0.3, -0.25) is 0 Å². The number of methoxy groups -OCH3 is 1. The fourth-order valence-corrected chi connectivity index (χ4v) is 2.61. The lowest BCUT2D eigenvalue weighted by Crippen LogP contribution is -2.37. The van der Waals surface area contributed by atoms with Crippen LogP contribution in [0.3, 0.4) is 0 Å². The molecule has 0 aromatic carbocycles. The molecule has 2 rings (SSSR count). The molecule has 5 nitrogen and oxygen atoms in total. The zero-order valence-corrected chi connectivity index (χ0v) is 12.3. The molecule has 0 amide bonds. The number of ether oxygens (including phenoxy) is 1. The van der Waals surface area contributed by atoms with Crippen molar-refractivity contribution >= 4 is 11.8 Å². The van der Waals surface area contributed by atoms with Crippen LogP contribution in [0.15, 0.2) is 12.3 Å². The maximum atomic E-state index is 5.42. The van der Waals surface area contributed by atoms with Crippen molar-refractivity contribution in [3.05, 3.63) is 12.3 Å². The minimum absolute atomic E-state index is 0.437. The van der Waals surface area contributed by atoms with E-state index in [2.05, 4.69) is 21.9 Å². The third-order valence-electron chi connectivity index (χ3n) is 3.91. The van der Waals surface area contributed by atoms with Crippen LogP contribution in [0.4, 0.5) is 11.8 Å². The Morgan fingerprint density at radius 2 is 1.84 bits per heavy atom. The fourth-order valence-electron chi connectivity index (χ4n) is 2.61. The van der Waals surface area contributed by atoms with Gasteiger partial charge in [0.1, 0.15) is 5.82 Å². The van der Waals surface area contributed by atoms with Crippen LogP contribution >= 0.6 is 0 Å². The first kappa shape index (κ1) is 14.1. The van der Waals surface area contributed by atoms with Gasteiger partial charge in [-0.2, -0.15) is 4.98 Å². The Morgan fingerprint density at radius 1 is 1.16 bits per heavy atom. The van der Waals surface area contributed by atoms with Gasteiger partial charge >= 0.3 is 0 Å². The lowest BCUT2D eigenvalue weighted by atomic mass is 9.92. The molecule has 0 spiro atoms. The number of hydrogen-bond donors (Lipinski definition) is 0. The first-order valence-electron chi connectivity index (χ1n) is 6.88. The van der Waals surface area contributed by atoms with Crippen LogP contribution in [0.25, 0.3) is 0 Å². The van der Waals surface area contributed by atoms with Crippen molar-refractivity contribution < 1.29 is 4.74 Å². The monoisotopic (exact) mass is 264 g/mol. The smallest absolute Gasteiger partial charge is 0.226 e. The summed E-state index contributed by atoms with van der Waals surface area (Å²) in [6.45, 7) is 0. The lowest BCUT2D eigenvalue weighted by molar-refractivity contribution is 0.0659. The number of nitrogens with zero attached hydrogens (tertiary/aromatic N) is 4. The predicted octanol–water partition coefficient (Wildman–Crippen LogP) is 1.94. The van der Waals surface area contributed by atoms with Crippen LogP contribution in [-0.4, -0.2) is 50.4 Å². The molecular formula is C14H24N4O. The summed E-state index contributed by atoms with van der Waals surface area (Å²) in [4.78, 5) is 13.1. The molecule has 1 saturated carbocycles. The summed E-state index contributed by atoms with van der Waals surface area (Å²) in [6.07, 6.45) is 6.86. The maximum Gasteiger partial charge on any atom is 0.226 e. The molecule has 1 fully saturated rings. The largest absolute Gasteiger partial charge is 0.381 e. The summed E-state index contributed by atoms with van der Waals surface area (Å²) in [5.74, 6) is 1.76. The van der Waals surface area contributed by atoms with E-state index in [1.807, 2.05) is 38.4 Å². The Kier molecular flexibility index (Phi) is 4.58. The van der Waals surface area contributed by atoms with E-state index in [9.17, 15) is 0 Å². The van der Waals surface area contributed by atoms with Gasteiger partial charge in [0.15, 0.2) is 0 Å². The van der Waals surface area contributed by atoms with E-state index in [0.29, 0.717) is 12.1 Å². The molecule has 0 saturated heterocycles. The molecule has 1 aliphatic rings. The van der Waals surface area contributed by atoms with Crippen molar-refractivity contribution in [2.45, 2.75) is 37.8 Å². The van der Waals surface area contributed by atoms with Crippen LogP contribution in [-0.2, 0) is 4.74 Å². The summed E-state index contributed by atoms with van der Waals surface area (Å²) in [5, 5.41) is 0. The molecule has 0 atom stereocenters. The third kappa shape index (κ3) is 3.35. The molecule has 0 unspecified atom stereocenters. The van der Waals surface area contributed by atoms with Crippen molar-refractivity contribution in [2.75, 3.05) is 38.1 Å². The van der Waals surface area contributed by atoms with Gasteiger partial charge < -0.3 is 14.5 Å². The summed E-state index contributed by atoms with van der Waals surface area (Å²) in [6, 6.07) is 2.53. The van der Waals surface area contributed by atoms with E-state index < -0.39 is 0 Å². The van der Waals surface area contributed by atoms with Gasteiger partial charge in [0.05, 0.1) is 6.10 Å². The molecular weight excluding hydrogens is 240 g/mol. The van der Waals surface area contributed by atoms with Crippen molar-refractivity contribution in [3.63, 3.8) is 0 Å². The Morgan fingerprint density at radius 3 is 2.42 bits per heavy atom. The van der Waals surface area contributed by atoms with Gasteiger partial charge in [0.2, 0.25) is 5.95 Å². The van der Waals surface area contributed by atoms with Gasteiger partial charge in [-0.25, -0.2) is 4.98 Å². The van der Waals surface area contributed by atoms with E-state index in [-0.39, 0.29) is 0 Å². The van der Waals surface area contributed by atoms with Crippen LogP contribution in [0, 0.1) is 0 Å². The molecule has 0 aliphatic heterocycles. The van der Waals surface area contributed by atoms with Crippen LogP contribution in [0.5, 0.6) is 0 Å². The summed E-state index contributed by atoms with van der Waals surface area (Å²) < 4.78 is 5.42. The van der Waals surface area contributed by atoms with E-state index >= 15 is 0 Å². The van der Waals surface area contributed by atoms with Crippen LogP contribution in [0.2, 0.25) is 0 Å². The van der Waals surface area contributed by atoms with Gasteiger partial charge in [-0.15, -0.1) is 0 Å². The molecule has 5 heteroatoms. The highest BCUT2D eigenvalue weighted by Gasteiger charge is 2.24. The molecule has 19 heavy (non-hydrogen) atoms. The summed E-state index contributed by atoms with van der Waals surface area (Å²) >= 11 is 0. The normalized spacial score (nSPS) is 23.2. The number of hydrogen-bond acceptors (Lipinski definition) is 5. The molecule has 1 heterocycles. The molecule has 0 radical (unpaired) electrons. The lowest BCUT2D eigenvalue weighted by Gasteiger charge is -2.35. The molecule has 0 bridgehead atoms. The van der Waals surface area contributed by atoms with Crippen molar-refractivity contribution in [3.8, 4) is 0 Å². The van der Waals surface area contributed by atoms with Crippen molar-refractivity contribution in [2.24, 2.45) is 0 Å². The minimum atomic E-state index is 0.437. The first-order valence-corrected chi connectivity index (χ1v) is 6.88. The standard InChI is InChI=1S/C14H24N4O/c1-17(2)14-15-10-9-13(16-14)18(3)11-5-7-12(19-4)8-6-11/h9-12H,5-8H2,1-4H3. The second-order valence-electron chi connectivity index (χ2n) is 5.39. The quantitative estimate of drug-likeness (QED) is 0.831. The Bertz CT molecular complexity index is 402. The third-order valence-corrected chi connectivity index (χ3v) is 3.91. The molecule has 1 aromatic rings. The molecule has 1 aliphatic carbocycles. The van der Waals surface area contributed by atoms with E-state index in [4.69, 9.17) is 4.74 Å². The number of aromatic nitrogens is 2. The first-order chi connectivity index (χ1) is 9.11. The van der Waals surface area contributed by atoms with E-state index in [0.717, 1.165) is 37.4 Å². The number of anilines is 2. The summed E-state index contributed by atoms with van der Waals surface area (Å²) in [7, 11) is 7.86. The predicted molar refractivity (Wildman–Crippen MR) is 77.8 cm³/mol. The SMILES string of the molecule is COC1CCC(N(C)c2ccnc(N(C)C)n2)CC1. The van der Waals surface area contributed by atoms with Crippen molar-refractivity contribution in [1.82, 2.24) is 9.97 Å². The number of rotatable bonds is 4. The maximum absolute atomic E-state index is 5.42. The van der Waals surface area contributed by atoms with Gasteiger partial charge in [-0.05, 0) is 31.7 Å². The Labute approximate surface area is 115 Å². The van der Waals surface area contributed by atoms with Crippen LogP contribution in [0.1, 0.15) is 25.7 Å². The highest BCUT2D eigenvalue weighted by Crippen LogP contribution is 2.26. The Balaban J connectivity index is 2.03. The summed E-state index contributed by atoms with van der Waals surface area (Å²) in [5.41, 5.74) is 0. The van der Waals surface area contributed by atoms with Gasteiger partial charge in [0.25, 0.3) is 0 Å². The Hall–Kier alpha value is -1.36. The average molecular weight is 264 g/mol. The second kappa shape index (κ2) is 6.19. The second-order valence-corrected chi connectivity index (χ2v) is 5.39.